The van der Waals surface area contributed by atoms with Crippen LogP contribution < -0.4 is 0 Å². The fourth-order valence-corrected chi connectivity index (χ4v) is 2.03. The SMILES string of the molecule is CCN(CCCl)Cc1c(C)cccc1C. The molecular weight excluding hydrogens is 206 g/mol. The summed E-state index contributed by atoms with van der Waals surface area (Å²) in [7, 11) is 0. The van der Waals surface area contributed by atoms with Gasteiger partial charge < -0.3 is 0 Å². The molecule has 1 rings (SSSR count). The van der Waals surface area contributed by atoms with Gasteiger partial charge in [-0.3, -0.25) is 4.90 Å². The quantitative estimate of drug-likeness (QED) is 0.695. The summed E-state index contributed by atoms with van der Waals surface area (Å²) in [6.07, 6.45) is 0. The summed E-state index contributed by atoms with van der Waals surface area (Å²) in [6, 6.07) is 6.47. The lowest BCUT2D eigenvalue weighted by molar-refractivity contribution is 0.296. The molecule has 1 nitrogen and oxygen atoms in total. The standard InChI is InChI=1S/C13H20ClN/c1-4-15(9-8-14)10-13-11(2)6-5-7-12(13)3/h5-7H,4,8-10H2,1-3H3. The molecule has 84 valence electrons. The average Bonchev–Trinajstić information content (AvgIpc) is 2.22. The van der Waals surface area contributed by atoms with E-state index in [1.807, 2.05) is 0 Å². The van der Waals surface area contributed by atoms with Crippen LogP contribution in [0.25, 0.3) is 0 Å². The minimum absolute atomic E-state index is 0.707. The number of halogens is 1. The predicted molar refractivity (Wildman–Crippen MR) is 67.6 cm³/mol. The Morgan fingerprint density at radius 3 is 2.27 bits per heavy atom. The van der Waals surface area contributed by atoms with Crippen LogP contribution in [0, 0.1) is 13.8 Å². The van der Waals surface area contributed by atoms with Gasteiger partial charge in [-0.15, -0.1) is 11.6 Å². The van der Waals surface area contributed by atoms with Crippen molar-refractivity contribution in [1.29, 1.82) is 0 Å². The molecule has 0 aliphatic rings. The van der Waals surface area contributed by atoms with Gasteiger partial charge >= 0.3 is 0 Å². The molecule has 0 spiro atoms. The molecule has 0 bridgehead atoms. The summed E-state index contributed by atoms with van der Waals surface area (Å²) in [5, 5.41) is 0. The fourth-order valence-electron chi connectivity index (χ4n) is 1.79. The smallest absolute Gasteiger partial charge is 0.0351 e. The zero-order valence-electron chi connectivity index (χ0n) is 9.89. The zero-order valence-corrected chi connectivity index (χ0v) is 10.6. The van der Waals surface area contributed by atoms with Crippen LogP contribution in [-0.2, 0) is 6.54 Å². The van der Waals surface area contributed by atoms with Crippen LogP contribution in [0.1, 0.15) is 23.6 Å². The lowest BCUT2D eigenvalue weighted by Gasteiger charge is -2.21. The average molecular weight is 226 g/mol. The van der Waals surface area contributed by atoms with Crippen LogP contribution in [0.3, 0.4) is 0 Å². The van der Waals surface area contributed by atoms with E-state index in [1.165, 1.54) is 16.7 Å². The van der Waals surface area contributed by atoms with Crippen molar-refractivity contribution in [3.05, 3.63) is 34.9 Å². The first-order chi connectivity index (χ1) is 7.19. The van der Waals surface area contributed by atoms with Crippen molar-refractivity contribution in [2.24, 2.45) is 0 Å². The molecule has 1 aromatic carbocycles. The largest absolute Gasteiger partial charge is 0.298 e. The number of aryl methyl sites for hydroxylation is 2. The van der Waals surface area contributed by atoms with E-state index < -0.39 is 0 Å². The van der Waals surface area contributed by atoms with Gasteiger partial charge in [0.2, 0.25) is 0 Å². The summed E-state index contributed by atoms with van der Waals surface area (Å²) >= 11 is 5.78. The Kier molecular flexibility index (Phi) is 5.13. The second-order valence-electron chi connectivity index (χ2n) is 3.93. The van der Waals surface area contributed by atoms with Gasteiger partial charge in [-0.25, -0.2) is 0 Å². The van der Waals surface area contributed by atoms with Gasteiger partial charge in [0.25, 0.3) is 0 Å². The minimum Gasteiger partial charge on any atom is -0.298 e. The van der Waals surface area contributed by atoms with E-state index in [-0.39, 0.29) is 0 Å². The molecule has 0 aromatic heterocycles. The molecule has 0 heterocycles. The third kappa shape index (κ3) is 3.51. The lowest BCUT2D eigenvalue weighted by atomic mass is 10.0. The highest BCUT2D eigenvalue weighted by atomic mass is 35.5. The minimum atomic E-state index is 0.707. The Labute approximate surface area is 98.0 Å². The molecule has 0 N–H and O–H groups in total. The van der Waals surface area contributed by atoms with E-state index in [9.17, 15) is 0 Å². The summed E-state index contributed by atoms with van der Waals surface area (Å²) in [6.45, 7) is 9.57. The van der Waals surface area contributed by atoms with Crippen molar-refractivity contribution in [2.45, 2.75) is 27.3 Å². The molecule has 0 unspecified atom stereocenters. The lowest BCUT2D eigenvalue weighted by Crippen LogP contribution is -2.25. The third-order valence-electron chi connectivity index (χ3n) is 2.87. The highest BCUT2D eigenvalue weighted by molar-refractivity contribution is 6.18. The first-order valence-corrected chi connectivity index (χ1v) is 6.06. The van der Waals surface area contributed by atoms with Crippen LogP contribution in [-0.4, -0.2) is 23.9 Å². The Morgan fingerprint density at radius 2 is 1.80 bits per heavy atom. The second-order valence-corrected chi connectivity index (χ2v) is 4.31. The number of benzene rings is 1. The first kappa shape index (κ1) is 12.5. The van der Waals surface area contributed by atoms with Gasteiger partial charge in [-0.1, -0.05) is 25.1 Å². The molecule has 15 heavy (non-hydrogen) atoms. The summed E-state index contributed by atoms with van der Waals surface area (Å²) in [5.74, 6) is 0.707. The van der Waals surface area contributed by atoms with Gasteiger partial charge in [-0.2, -0.15) is 0 Å². The topological polar surface area (TPSA) is 3.24 Å². The third-order valence-corrected chi connectivity index (χ3v) is 3.04. The van der Waals surface area contributed by atoms with Crippen LogP contribution in [0.5, 0.6) is 0 Å². The predicted octanol–water partition coefficient (Wildman–Crippen LogP) is 3.36. The maximum atomic E-state index is 5.78. The van der Waals surface area contributed by atoms with Crippen molar-refractivity contribution < 1.29 is 0 Å². The molecule has 2 heteroatoms. The number of hydrogen-bond donors (Lipinski definition) is 0. The fraction of sp³-hybridized carbons (Fsp3) is 0.538. The molecule has 0 aliphatic carbocycles. The van der Waals surface area contributed by atoms with Crippen molar-refractivity contribution in [3.8, 4) is 0 Å². The Hall–Kier alpha value is -0.530. The van der Waals surface area contributed by atoms with Crippen molar-refractivity contribution >= 4 is 11.6 Å². The van der Waals surface area contributed by atoms with E-state index in [0.717, 1.165) is 19.6 Å². The zero-order chi connectivity index (χ0) is 11.3. The van der Waals surface area contributed by atoms with Gasteiger partial charge in [0.05, 0.1) is 0 Å². The van der Waals surface area contributed by atoms with Crippen molar-refractivity contribution in [3.63, 3.8) is 0 Å². The molecular formula is C13H20ClN. The number of alkyl halides is 1. The summed E-state index contributed by atoms with van der Waals surface area (Å²) in [4.78, 5) is 2.38. The van der Waals surface area contributed by atoms with Crippen LogP contribution in [0.15, 0.2) is 18.2 Å². The maximum Gasteiger partial charge on any atom is 0.0351 e. The molecule has 0 fully saturated rings. The highest BCUT2D eigenvalue weighted by Gasteiger charge is 2.07. The van der Waals surface area contributed by atoms with Crippen molar-refractivity contribution in [1.82, 2.24) is 4.90 Å². The Bertz CT molecular complexity index is 289. The molecule has 0 aliphatic heterocycles. The highest BCUT2D eigenvalue weighted by Crippen LogP contribution is 2.15. The van der Waals surface area contributed by atoms with Gasteiger partial charge in [-0.05, 0) is 37.1 Å². The Balaban J connectivity index is 2.78. The van der Waals surface area contributed by atoms with E-state index >= 15 is 0 Å². The summed E-state index contributed by atoms with van der Waals surface area (Å²) in [5.41, 5.74) is 4.20. The van der Waals surface area contributed by atoms with Gasteiger partial charge in [0.1, 0.15) is 0 Å². The first-order valence-electron chi connectivity index (χ1n) is 5.52. The molecule has 0 saturated heterocycles. The summed E-state index contributed by atoms with van der Waals surface area (Å²) < 4.78 is 0. The monoisotopic (exact) mass is 225 g/mol. The van der Waals surface area contributed by atoms with Crippen molar-refractivity contribution in [2.75, 3.05) is 19.0 Å². The van der Waals surface area contributed by atoms with E-state index in [1.54, 1.807) is 0 Å². The Morgan fingerprint density at radius 1 is 1.20 bits per heavy atom. The maximum absolute atomic E-state index is 5.78. The van der Waals surface area contributed by atoms with E-state index in [0.29, 0.717) is 5.88 Å². The molecule has 0 amide bonds. The van der Waals surface area contributed by atoms with Gasteiger partial charge in [0.15, 0.2) is 0 Å². The number of hydrogen-bond acceptors (Lipinski definition) is 1. The van der Waals surface area contributed by atoms with E-state index in [4.69, 9.17) is 11.6 Å². The van der Waals surface area contributed by atoms with Crippen LogP contribution >= 0.6 is 11.6 Å². The molecule has 0 saturated carbocycles. The van der Waals surface area contributed by atoms with Crippen LogP contribution in [0.2, 0.25) is 0 Å². The number of rotatable bonds is 5. The molecule has 1 aromatic rings. The second kappa shape index (κ2) is 6.14. The van der Waals surface area contributed by atoms with Crippen LogP contribution in [0.4, 0.5) is 0 Å². The molecule has 0 radical (unpaired) electrons. The normalized spacial score (nSPS) is 11.0. The van der Waals surface area contributed by atoms with Gasteiger partial charge in [0, 0.05) is 19.0 Å². The van der Waals surface area contributed by atoms with E-state index in [2.05, 4.69) is 43.9 Å². The number of nitrogens with zero attached hydrogens (tertiary/aromatic N) is 1. The molecule has 0 atom stereocenters.